The molecule has 24 heavy (non-hydrogen) atoms. The molecular formula is C18H20FNO3S. The average Bonchev–Trinajstić information content (AvgIpc) is 3.08. The molecule has 1 heterocycles. The SMILES string of the molecule is COC(=O)C[C@@H](NC(=O)CCCc1cccs1)c1ccc(F)cc1. The van der Waals surface area contributed by atoms with Crippen molar-refractivity contribution in [2.24, 2.45) is 0 Å². The molecule has 2 aromatic rings. The van der Waals surface area contributed by atoms with Crippen LogP contribution in [0.15, 0.2) is 41.8 Å². The van der Waals surface area contributed by atoms with Gasteiger partial charge in [0.15, 0.2) is 0 Å². The third-order valence-corrected chi connectivity index (χ3v) is 4.55. The molecule has 0 saturated heterocycles. The predicted molar refractivity (Wildman–Crippen MR) is 91.2 cm³/mol. The lowest BCUT2D eigenvalue weighted by Gasteiger charge is -2.18. The summed E-state index contributed by atoms with van der Waals surface area (Å²) in [4.78, 5) is 25.0. The van der Waals surface area contributed by atoms with Gasteiger partial charge in [0.2, 0.25) is 5.91 Å². The Morgan fingerprint density at radius 2 is 2.00 bits per heavy atom. The second-order valence-electron chi connectivity index (χ2n) is 5.38. The van der Waals surface area contributed by atoms with Crippen LogP contribution in [0.25, 0.3) is 0 Å². The van der Waals surface area contributed by atoms with Crippen LogP contribution >= 0.6 is 11.3 Å². The molecule has 128 valence electrons. The van der Waals surface area contributed by atoms with E-state index in [0.29, 0.717) is 12.0 Å². The molecule has 0 aliphatic heterocycles. The summed E-state index contributed by atoms with van der Waals surface area (Å²) in [7, 11) is 1.30. The van der Waals surface area contributed by atoms with E-state index in [1.807, 2.05) is 17.5 Å². The Bertz CT molecular complexity index is 655. The van der Waals surface area contributed by atoms with Crippen LogP contribution in [0.5, 0.6) is 0 Å². The first-order valence-electron chi connectivity index (χ1n) is 7.72. The van der Waals surface area contributed by atoms with Gasteiger partial charge in [0, 0.05) is 11.3 Å². The maximum Gasteiger partial charge on any atom is 0.307 e. The molecule has 1 N–H and O–H groups in total. The Labute approximate surface area is 144 Å². The molecule has 4 nitrogen and oxygen atoms in total. The Kier molecular flexibility index (Phi) is 6.93. The van der Waals surface area contributed by atoms with Crippen molar-refractivity contribution >= 4 is 23.2 Å². The number of benzene rings is 1. The zero-order chi connectivity index (χ0) is 17.4. The van der Waals surface area contributed by atoms with Gasteiger partial charge in [-0.3, -0.25) is 9.59 Å². The predicted octanol–water partition coefficient (Wildman–Crippen LogP) is 3.63. The standard InChI is InChI=1S/C18H20FNO3S/c1-23-18(22)12-16(13-7-9-14(19)10-8-13)20-17(21)6-2-4-15-5-3-11-24-15/h3,5,7-11,16H,2,4,6,12H2,1H3,(H,20,21)/t16-/m1/s1. The topological polar surface area (TPSA) is 55.4 Å². The molecular weight excluding hydrogens is 329 g/mol. The number of rotatable bonds is 8. The molecule has 0 bridgehead atoms. The number of nitrogens with one attached hydrogen (secondary N) is 1. The first-order valence-corrected chi connectivity index (χ1v) is 8.60. The third-order valence-electron chi connectivity index (χ3n) is 3.61. The summed E-state index contributed by atoms with van der Waals surface area (Å²) in [6.45, 7) is 0. The molecule has 0 aliphatic carbocycles. The molecule has 0 unspecified atom stereocenters. The second kappa shape index (κ2) is 9.17. The Hall–Kier alpha value is -2.21. The van der Waals surface area contributed by atoms with Crippen molar-refractivity contribution in [1.29, 1.82) is 0 Å². The van der Waals surface area contributed by atoms with Crippen LogP contribution in [0.2, 0.25) is 0 Å². The molecule has 1 aromatic carbocycles. The van der Waals surface area contributed by atoms with Crippen molar-refractivity contribution in [1.82, 2.24) is 5.32 Å². The number of carbonyl (C=O) groups is 2. The zero-order valence-electron chi connectivity index (χ0n) is 13.5. The van der Waals surface area contributed by atoms with Gasteiger partial charge >= 0.3 is 5.97 Å². The summed E-state index contributed by atoms with van der Waals surface area (Å²) >= 11 is 1.67. The number of aryl methyl sites for hydroxylation is 1. The van der Waals surface area contributed by atoms with Gasteiger partial charge in [-0.1, -0.05) is 18.2 Å². The number of ether oxygens (including phenoxy) is 1. The maximum absolute atomic E-state index is 13.1. The number of hydrogen-bond donors (Lipinski definition) is 1. The third kappa shape index (κ3) is 5.77. The Morgan fingerprint density at radius 1 is 1.25 bits per heavy atom. The normalized spacial score (nSPS) is 11.8. The van der Waals surface area contributed by atoms with Crippen LogP contribution in [-0.4, -0.2) is 19.0 Å². The summed E-state index contributed by atoms with van der Waals surface area (Å²) in [5.74, 6) is -0.925. The van der Waals surface area contributed by atoms with Gasteiger partial charge in [0.1, 0.15) is 5.82 Å². The summed E-state index contributed by atoms with van der Waals surface area (Å²) in [6.07, 6.45) is 1.97. The molecule has 0 radical (unpaired) electrons. The van der Waals surface area contributed by atoms with E-state index in [9.17, 15) is 14.0 Å². The van der Waals surface area contributed by atoms with E-state index in [4.69, 9.17) is 0 Å². The van der Waals surface area contributed by atoms with E-state index in [1.165, 1.54) is 24.1 Å². The first-order chi connectivity index (χ1) is 11.6. The minimum atomic E-state index is -0.521. The van der Waals surface area contributed by atoms with Gasteiger partial charge < -0.3 is 10.1 Å². The van der Waals surface area contributed by atoms with E-state index in [2.05, 4.69) is 10.1 Å². The van der Waals surface area contributed by atoms with Crippen molar-refractivity contribution in [3.8, 4) is 0 Å². The molecule has 0 fully saturated rings. The van der Waals surface area contributed by atoms with Crippen LogP contribution in [0.4, 0.5) is 4.39 Å². The molecule has 1 atom stereocenters. The number of esters is 1. The molecule has 2 rings (SSSR count). The summed E-state index contributed by atoms with van der Waals surface area (Å²) in [5, 5.41) is 4.85. The fourth-order valence-electron chi connectivity index (χ4n) is 2.34. The van der Waals surface area contributed by atoms with Crippen LogP contribution in [0.3, 0.4) is 0 Å². The number of hydrogen-bond acceptors (Lipinski definition) is 4. The number of amides is 1. The zero-order valence-corrected chi connectivity index (χ0v) is 14.3. The van der Waals surface area contributed by atoms with E-state index in [0.717, 1.165) is 12.8 Å². The number of halogens is 1. The molecule has 0 aliphatic rings. The van der Waals surface area contributed by atoms with E-state index in [-0.39, 0.29) is 18.1 Å². The van der Waals surface area contributed by atoms with E-state index < -0.39 is 12.0 Å². The van der Waals surface area contributed by atoms with Gasteiger partial charge in [0.05, 0.1) is 19.6 Å². The highest BCUT2D eigenvalue weighted by atomic mass is 32.1. The minimum absolute atomic E-state index is 0.0127. The highest BCUT2D eigenvalue weighted by Crippen LogP contribution is 2.19. The van der Waals surface area contributed by atoms with Gasteiger partial charge in [-0.2, -0.15) is 0 Å². The Balaban J connectivity index is 1.92. The van der Waals surface area contributed by atoms with E-state index in [1.54, 1.807) is 23.5 Å². The van der Waals surface area contributed by atoms with Crippen molar-refractivity contribution in [2.45, 2.75) is 31.7 Å². The van der Waals surface area contributed by atoms with Gasteiger partial charge in [-0.15, -0.1) is 11.3 Å². The molecule has 1 amide bonds. The minimum Gasteiger partial charge on any atom is -0.469 e. The van der Waals surface area contributed by atoms with Crippen LogP contribution in [0, 0.1) is 5.82 Å². The highest BCUT2D eigenvalue weighted by Gasteiger charge is 2.19. The lowest BCUT2D eigenvalue weighted by molar-refractivity contribution is -0.141. The number of thiophene rings is 1. The van der Waals surface area contributed by atoms with Crippen LogP contribution in [-0.2, 0) is 20.7 Å². The van der Waals surface area contributed by atoms with Gasteiger partial charge in [0.25, 0.3) is 0 Å². The lowest BCUT2D eigenvalue weighted by atomic mass is 10.0. The number of methoxy groups -OCH3 is 1. The smallest absolute Gasteiger partial charge is 0.307 e. The largest absolute Gasteiger partial charge is 0.469 e. The quantitative estimate of drug-likeness (QED) is 0.741. The van der Waals surface area contributed by atoms with Gasteiger partial charge in [-0.25, -0.2) is 4.39 Å². The fraction of sp³-hybridized carbons (Fsp3) is 0.333. The van der Waals surface area contributed by atoms with Crippen LogP contribution < -0.4 is 5.32 Å². The van der Waals surface area contributed by atoms with Crippen LogP contribution in [0.1, 0.15) is 35.7 Å². The van der Waals surface area contributed by atoms with Crippen molar-refractivity contribution in [3.63, 3.8) is 0 Å². The van der Waals surface area contributed by atoms with E-state index >= 15 is 0 Å². The molecule has 1 aromatic heterocycles. The van der Waals surface area contributed by atoms with Crippen molar-refractivity contribution in [2.75, 3.05) is 7.11 Å². The molecule has 6 heteroatoms. The lowest BCUT2D eigenvalue weighted by Crippen LogP contribution is -2.30. The fourth-order valence-corrected chi connectivity index (χ4v) is 3.09. The van der Waals surface area contributed by atoms with Gasteiger partial charge in [-0.05, 0) is 42.0 Å². The average molecular weight is 349 g/mol. The maximum atomic E-state index is 13.1. The highest BCUT2D eigenvalue weighted by molar-refractivity contribution is 7.09. The van der Waals surface area contributed by atoms with Crippen molar-refractivity contribution in [3.05, 3.63) is 58.0 Å². The molecule has 0 saturated carbocycles. The van der Waals surface area contributed by atoms with Crippen molar-refractivity contribution < 1.29 is 18.7 Å². The summed E-state index contributed by atoms with van der Waals surface area (Å²) in [5.41, 5.74) is 0.674. The monoisotopic (exact) mass is 349 g/mol. The summed E-state index contributed by atoms with van der Waals surface area (Å²) in [6, 6.07) is 9.25. The Morgan fingerprint density at radius 3 is 2.62 bits per heavy atom. The number of carbonyl (C=O) groups excluding carboxylic acids is 2. The summed E-state index contributed by atoms with van der Waals surface area (Å²) < 4.78 is 17.7. The second-order valence-corrected chi connectivity index (χ2v) is 6.42. The first kappa shape index (κ1) is 18.1. The molecule has 0 spiro atoms.